The van der Waals surface area contributed by atoms with Crippen LogP contribution in [0.5, 0.6) is 0 Å². The van der Waals surface area contributed by atoms with Gasteiger partial charge in [0, 0.05) is 42.0 Å². The third-order valence-electron chi connectivity index (χ3n) is 5.94. The quantitative estimate of drug-likeness (QED) is 0.446. The van der Waals surface area contributed by atoms with Gasteiger partial charge in [-0.25, -0.2) is 4.39 Å². The van der Waals surface area contributed by atoms with E-state index in [1.54, 1.807) is 32.3 Å². The standard InChI is InChI=1S/C28H26FN3O2/c1-18-15-25(33)32(2)17-23(18)22-14-13-21(16-24(22)29)31-28(34)27(30)26(19-9-5-3-6-10-19)20-11-7-4-8-12-20/h3-17,26-27H,30H2,1-2H3,(H,31,34)/t27-/m0/s1. The SMILES string of the molecule is Cc1cc(=O)n(C)cc1-c1ccc(NC(=O)[C@@H](N)C(c2ccccc2)c2ccccc2)cc1F. The second-order valence-electron chi connectivity index (χ2n) is 8.33. The van der Waals surface area contributed by atoms with Gasteiger partial charge in [-0.1, -0.05) is 60.7 Å². The summed E-state index contributed by atoms with van der Waals surface area (Å²) < 4.78 is 16.4. The minimum Gasteiger partial charge on any atom is -0.325 e. The maximum Gasteiger partial charge on any atom is 0.250 e. The Bertz CT molecular complexity index is 1330. The van der Waals surface area contributed by atoms with Crippen LogP contribution in [0.2, 0.25) is 0 Å². The number of anilines is 1. The van der Waals surface area contributed by atoms with Gasteiger partial charge < -0.3 is 15.6 Å². The van der Waals surface area contributed by atoms with Crippen molar-refractivity contribution in [2.24, 2.45) is 12.8 Å². The monoisotopic (exact) mass is 455 g/mol. The fourth-order valence-corrected chi connectivity index (χ4v) is 4.12. The summed E-state index contributed by atoms with van der Waals surface area (Å²) in [6.07, 6.45) is 1.61. The van der Waals surface area contributed by atoms with Crippen molar-refractivity contribution < 1.29 is 9.18 Å². The maximum atomic E-state index is 15.0. The zero-order chi connectivity index (χ0) is 24.2. The Morgan fingerprint density at radius 2 is 1.50 bits per heavy atom. The van der Waals surface area contributed by atoms with Gasteiger partial charge in [0.25, 0.3) is 5.56 Å². The van der Waals surface area contributed by atoms with E-state index in [0.717, 1.165) is 11.1 Å². The molecule has 0 aliphatic heterocycles. The minimum atomic E-state index is -0.890. The number of nitrogens with zero attached hydrogens (tertiary/aromatic N) is 1. The number of aromatic nitrogens is 1. The van der Waals surface area contributed by atoms with Gasteiger partial charge in [0.05, 0.1) is 6.04 Å². The molecule has 4 rings (SSSR count). The van der Waals surface area contributed by atoms with Gasteiger partial charge in [-0.3, -0.25) is 9.59 Å². The molecule has 5 nitrogen and oxygen atoms in total. The fraction of sp³-hybridized carbons (Fsp3) is 0.143. The Morgan fingerprint density at radius 1 is 0.912 bits per heavy atom. The van der Waals surface area contributed by atoms with Gasteiger partial charge in [0.2, 0.25) is 5.91 Å². The molecule has 0 spiro atoms. The summed E-state index contributed by atoms with van der Waals surface area (Å²) in [5, 5.41) is 2.76. The molecule has 1 amide bonds. The number of rotatable bonds is 6. The molecular weight excluding hydrogens is 429 g/mol. The highest BCUT2D eigenvalue weighted by molar-refractivity contribution is 5.96. The molecule has 0 fully saturated rings. The largest absolute Gasteiger partial charge is 0.325 e. The highest BCUT2D eigenvalue weighted by Gasteiger charge is 2.28. The second-order valence-corrected chi connectivity index (χ2v) is 8.33. The summed E-state index contributed by atoms with van der Waals surface area (Å²) in [5.74, 6) is -1.28. The molecule has 6 heteroatoms. The lowest BCUT2D eigenvalue weighted by Gasteiger charge is -2.24. The molecule has 3 aromatic carbocycles. The van der Waals surface area contributed by atoms with Crippen molar-refractivity contribution in [1.82, 2.24) is 4.57 Å². The predicted molar refractivity (Wildman–Crippen MR) is 133 cm³/mol. The molecule has 1 atom stereocenters. The lowest BCUT2D eigenvalue weighted by atomic mass is 9.85. The summed E-state index contributed by atoms with van der Waals surface area (Å²) in [5.41, 5.74) is 10.1. The lowest BCUT2D eigenvalue weighted by molar-refractivity contribution is -0.117. The number of hydrogen-bond acceptors (Lipinski definition) is 3. The summed E-state index contributed by atoms with van der Waals surface area (Å²) in [6, 6.07) is 24.3. The van der Waals surface area contributed by atoms with Crippen LogP contribution in [-0.4, -0.2) is 16.5 Å². The highest BCUT2D eigenvalue weighted by Crippen LogP contribution is 2.29. The van der Waals surface area contributed by atoms with Crippen LogP contribution < -0.4 is 16.6 Å². The predicted octanol–water partition coefficient (Wildman–Crippen LogP) is 4.60. The maximum absolute atomic E-state index is 15.0. The van der Waals surface area contributed by atoms with Crippen LogP contribution in [0.3, 0.4) is 0 Å². The molecule has 0 saturated carbocycles. The molecule has 34 heavy (non-hydrogen) atoms. The smallest absolute Gasteiger partial charge is 0.250 e. The number of benzene rings is 3. The Kier molecular flexibility index (Phi) is 6.70. The number of nitrogens with two attached hydrogens (primary N) is 1. The van der Waals surface area contributed by atoms with Crippen LogP contribution in [0.4, 0.5) is 10.1 Å². The first kappa shape index (κ1) is 23.1. The van der Waals surface area contributed by atoms with Gasteiger partial charge in [0.15, 0.2) is 0 Å². The molecule has 0 aliphatic rings. The first-order chi connectivity index (χ1) is 16.3. The van der Waals surface area contributed by atoms with Crippen LogP contribution in [-0.2, 0) is 11.8 Å². The molecule has 0 radical (unpaired) electrons. The van der Waals surface area contributed by atoms with E-state index >= 15 is 4.39 Å². The van der Waals surface area contributed by atoms with Crippen LogP contribution in [0.1, 0.15) is 22.6 Å². The van der Waals surface area contributed by atoms with Crippen LogP contribution in [0, 0.1) is 12.7 Å². The van der Waals surface area contributed by atoms with Crippen molar-refractivity contribution in [2.75, 3.05) is 5.32 Å². The first-order valence-electron chi connectivity index (χ1n) is 11.0. The average molecular weight is 456 g/mol. The van der Waals surface area contributed by atoms with Gasteiger partial charge in [-0.05, 0) is 41.8 Å². The molecule has 172 valence electrons. The van der Waals surface area contributed by atoms with E-state index in [-0.39, 0.29) is 11.5 Å². The molecule has 3 N–H and O–H groups in total. The fourth-order valence-electron chi connectivity index (χ4n) is 4.12. The van der Waals surface area contributed by atoms with Gasteiger partial charge in [-0.15, -0.1) is 0 Å². The van der Waals surface area contributed by atoms with E-state index in [0.29, 0.717) is 22.4 Å². The van der Waals surface area contributed by atoms with Crippen molar-refractivity contribution in [2.45, 2.75) is 18.9 Å². The zero-order valence-electron chi connectivity index (χ0n) is 19.0. The second kappa shape index (κ2) is 9.85. The van der Waals surface area contributed by atoms with Gasteiger partial charge >= 0.3 is 0 Å². The average Bonchev–Trinajstić information content (AvgIpc) is 2.83. The van der Waals surface area contributed by atoms with Crippen molar-refractivity contribution in [3.8, 4) is 11.1 Å². The van der Waals surface area contributed by atoms with Crippen LogP contribution in [0.15, 0.2) is 95.9 Å². The van der Waals surface area contributed by atoms with E-state index in [9.17, 15) is 9.59 Å². The Balaban J connectivity index is 1.60. The summed E-state index contributed by atoms with van der Waals surface area (Å²) in [4.78, 5) is 24.9. The highest BCUT2D eigenvalue weighted by atomic mass is 19.1. The summed E-state index contributed by atoms with van der Waals surface area (Å²) in [7, 11) is 1.62. The van der Waals surface area contributed by atoms with Gasteiger partial charge in [0.1, 0.15) is 5.82 Å². The van der Waals surface area contributed by atoms with E-state index in [4.69, 9.17) is 5.73 Å². The third kappa shape index (κ3) is 4.82. The molecule has 0 saturated heterocycles. The van der Waals surface area contributed by atoms with E-state index in [2.05, 4.69) is 5.32 Å². The Labute approximate surface area is 197 Å². The number of hydrogen-bond donors (Lipinski definition) is 2. The molecule has 1 heterocycles. The Morgan fingerprint density at radius 3 is 2.06 bits per heavy atom. The normalized spacial score (nSPS) is 11.9. The number of aryl methyl sites for hydroxylation is 2. The number of nitrogens with one attached hydrogen (secondary N) is 1. The number of carbonyl (C=O) groups excluding carboxylic acids is 1. The molecule has 0 bridgehead atoms. The first-order valence-corrected chi connectivity index (χ1v) is 11.0. The van der Waals surface area contributed by atoms with E-state index in [1.165, 1.54) is 16.7 Å². The molecule has 4 aromatic rings. The van der Waals surface area contributed by atoms with Crippen LogP contribution >= 0.6 is 0 Å². The van der Waals surface area contributed by atoms with E-state index in [1.807, 2.05) is 60.7 Å². The third-order valence-corrected chi connectivity index (χ3v) is 5.94. The number of amides is 1. The zero-order valence-corrected chi connectivity index (χ0v) is 19.0. The van der Waals surface area contributed by atoms with Crippen molar-refractivity contribution in [3.05, 3.63) is 124 Å². The van der Waals surface area contributed by atoms with Crippen molar-refractivity contribution in [3.63, 3.8) is 0 Å². The molecular formula is C28H26FN3O2. The molecule has 1 aromatic heterocycles. The number of halogens is 1. The minimum absolute atomic E-state index is 0.161. The molecule has 0 unspecified atom stereocenters. The Hall–Kier alpha value is -4.03. The number of pyridine rings is 1. The lowest BCUT2D eigenvalue weighted by Crippen LogP contribution is -2.41. The molecule has 0 aliphatic carbocycles. The van der Waals surface area contributed by atoms with Gasteiger partial charge in [-0.2, -0.15) is 0 Å². The summed E-state index contributed by atoms with van der Waals surface area (Å²) >= 11 is 0. The van der Waals surface area contributed by atoms with Crippen molar-refractivity contribution >= 4 is 11.6 Å². The van der Waals surface area contributed by atoms with Crippen LogP contribution in [0.25, 0.3) is 11.1 Å². The number of carbonyl (C=O) groups is 1. The van der Waals surface area contributed by atoms with Crippen molar-refractivity contribution in [1.29, 1.82) is 0 Å². The summed E-state index contributed by atoms with van der Waals surface area (Å²) in [6.45, 7) is 1.76. The van der Waals surface area contributed by atoms with E-state index < -0.39 is 17.8 Å². The topological polar surface area (TPSA) is 77.1 Å².